The number of benzene rings is 1. The highest BCUT2D eigenvalue weighted by molar-refractivity contribution is 6.45. The molecule has 1 aromatic rings. The van der Waals surface area contributed by atoms with Crippen molar-refractivity contribution in [2.75, 3.05) is 6.61 Å². The van der Waals surface area contributed by atoms with Crippen LogP contribution in [0, 0.1) is 11.3 Å². The molecular formula is C15H17Cl2NO4. The first-order valence-electron chi connectivity index (χ1n) is 6.80. The molecule has 120 valence electrons. The molecule has 0 spiro atoms. The number of hydrogen-bond donors (Lipinski definition) is 2. The van der Waals surface area contributed by atoms with E-state index in [9.17, 15) is 10.0 Å². The van der Waals surface area contributed by atoms with Gasteiger partial charge in [-0.05, 0) is 24.0 Å². The van der Waals surface area contributed by atoms with E-state index < -0.39 is 12.6 Å². The van der Waals surface area contributed by atoms with Crippen molar-refractivity contribution in [2.45, 2.75) is 27.2 Å². The fourth-order valence-electron chi connectivity index (χ4n) is 2.70. The maximum absolute atomic E-state index is 10.6. The Morgan fingerprint density at radius 3 is 2.59 bits per heavy atom. The van der Waals surface area contributed by atoms with Crippen LogP contribution in [-0.4, -0.2) is 28.6 Å². The Bertz CT molecular complexity index is 657. The highest BCUT2D eigenvalue weighted by atomic mass is 35.5. The second-order valence-electron chi connectivity index (χ2n) is 5.92. The third-order valence-corrected chi connectivity index (χ3v) is 5.17. The number of ether oxygens (including phenoxy) is 1. The van der Waals surface area contributed by atoms with E-state index in [0.717, 1.165) is 5.56 Å². The lowest BCUT2D eigenvalue weighted by Crippen LogP contribution is -2.31. The highest BCUT2D eigenvalue weighted by Gasteiger charge is 2.44. The summed E-state index contributed by atoms with van der Waals surface area (Å²) in [6.45, 7) is 5.56. The summed E-state index contributed by atoms with van der Waals surface area (Å²) >= 11 is 12.5. The summed E-state index contributed by atoms with van der Waals surface area (Å²) in [7, 11) is 0. The van der Waals surface area contributed by atoms with E-state index in [1.54, 1.807) is 6.07 Å². The summed E-state index contributed by atoms with van der Waals surface area (Å²) in [5, 5.41) is 21.9. The number of rotatable bonds is 4. The van der Waals surface area contributed by atoms with E-state index >= 15 is 0 Å². The molecule has 1 aromatic carbocycles. The number of halogens is 2. The van der Waals surface area contributed by atoms with E-state index in [2.05, 4.69) is 5.16 Å². The van der Waals surface area contributed by atoms with Gasteiger partial charge in [0.2, 0.25) is 0 Å². The van der Waals surface area contributed by atoms with Gasteiger partial charge >= 0.3 is 5.97 Å². The Labute approximate surface area is 138 Å². The zero-order valence-corrected chi connectivity index (χ0v) is 14.0. The number of oxime groups is 1. The average Bonchev–Trinajstić information content (AvgIpc) is 2.74. The topological polar surface area (TPSA) is 79.1 Å². The number of carboxylic acid groups (broad SMARTS) is 1. The predicted molar refractivity (Wildman–Crippen MR) is 84.6 cm³/mol. The number of fused-ring (bicyclic) bond motifs is 1. The molecule has 2 N–H and O–H groups in total. The summed E-state index contributed by atoms with van der Waals surface area (Å²) in [4.78, 5) is 10.6. The van der Waals surface area contributed by atoms with Crippen molar-refractivity contribution in [1.82, 2.24) is 0 Å². The van der Waals surface area contributed by atoms with Crippen molar-refractivity contribution >= 4 is 34.9 Å². The first-order valence-corrected chi connectivity index (χ1v) is 7.56. The molecular weight excluding hydrogens is 329 g/mol. The monoisotopic (exact) mass is 345 g/mol. The molecule has 0 aliphatic heterocycles. The molecule has 1 unspecified atom stereocenters. The fourth-order valence-corrected chi connectivity index (χ4v) is 3.21. The SMILES string of the molecule is CC(C)C1(C)Cc2cc(OCC(=O)O)c(Cl)c(Cl)c2/C1=N\O. The zero-order valence-electron chi connectivity index (χ0n) is 12.5. The molecule has 1 atom stereocenters. The van der Waals surface area contributed by atoms with Crippen molar-refractivity contribution in [2.24, 2.45) is 16.5 Å². The third kappa shape index (κ3) is 2.63. The molecule has 5 nitrogen and oxygen atoms in total. The second-order valence-corrected chi connectivity index (χ2v) is 6.67. The number of hydrogen-bond acceptors (Lipinski definition) is 4. The first-order chi connectivity index (χ1) is 10.2. The van der Waals surface area contributed by atoms with Gasteiger partial charge in [0.25, 0.3) is 0 Å². The second kappa shape index (κ2) is 5.97. The van der Waals surface area contributed by atoms with Gasteiger partial charge in [0.1, 0.15) is 10.8 Å². The van der Waals surface area contributed by atoms with Crippen LogP contribution in [-0.2, 0) is 11.2 Å². The quantitative estimate of drug-likeness (QED) is 0.641. The highest BCUT2D eigenvalue weighted by Crippen LogP contribution is 2.49. The van der Waals surface area contributed by atoms with Crippen LogP contribution in [0.25, 0.3) is 0 Å². The third-order valence-electron chi connectivity index (χ3n) is 4.32. The lowest BCUT2D eigenvalue weighted by atomic mass is 9.75. The molecule has 0 saturated carbocycles. The van der Waals surface area contributed by atoms with Gasteiger partial charge < -0.3 is 15.1 Å². The number of carbonyl (C=O) groups is 1. The van der Waals surface area contributed by atoms with Crippen molar-refractivity contribution in [1.29, 1.82) is 0 Å². The lowest BCUT2D eigenvalue weighted by Gasteiger charge is -2.28. The van der Waals surface area contributed by atoms with Crippen LogP contribution in [0.1, 0.15) is 31.9 Å². The van der Waals surface area contributed by atoms with Crippen molar-refractivity contribution in [3.8, 4) is 5.75 Å². The molecule has 0 saturated heterocycles. The molecule has 1 aliphatic carbocycles. The van der Waals surface area contributed by atoms with Crippen LogP contribution < -0.4 is 4.74 Å². The Kier molecular flexibility index (Phi) is 4.59. The largest absolute Gasteiger partial charge is 0.480 e. The summed E-state index contributed by atoms with van der Waals surface area (Å²) in [5.74, 6) is -0.667. The van der Waals surface area contributed by atoms with Crippen LogP contribution in [0.3, 0.4) is 0 Å². The number of carboxylic acids is 1. The van der Waals surface area contributed by atoms with Gasteiger partial charge in [0, 0.05) is 11.0 Å². The first kappa shape index (κ1) is 16.9. The zero-order chi connectivity index (χ0) is 16.7. The molecule has 7 heteroatoms. The van der Waals surface area contributed by atoms with Gasteiger partial charge in [-0.3, -0.25) is 0 Å². The molecule has 0 aromatic heterocycles. The van der Waals surface area contributed by atoms with E-state index in [4.69, 9.17) is 33.0 Å². The molecule has 0 radical (unpaired) electrons. The Morgan fingerprint density at radius 2 is 2.09 bits per heavy atom. The van der Waals surface area contributed by atoms with Gasteiger partial charge in [-0.25, -0.2) is 4.79 Å². The fraction of sp³-hybridized carbons (Fsp3) is 0.467. The van der Waals surface area contributed by atoms with Crippen LogP contribution >= 0.6 is 23.2 Å². The normalized spacial score (nSPS) is 22.2. The molecule has 1 aliphatic rings. The molecule has 22 heavy (non-hydrogen) atoms. The minimum Gasteiger partial charge on any atom is -0.480 e. The van der Waals surface area contributed by atoms with E-state index in [0.29, 0.717) is 17.7 Å². The van der Waals surface area contributed by atoms with Crippen molar-refractivity contribution in [3.63, 3.8) is 0 Å². The minimum absolute atomic E-state index is 0.121. The standard InChI is InChI=1S/C15H17Cl2NO4/c1-7(2)15(3)5-8-4-9(22-6-10(19)20)12(16)13(17)11(8)14(15)18-21/h4,7,21H,5-6H2,1-3H3,(H,19,20)/b18-14+. The van der Waals surface area contributed by atoms with E-state index in [1.165, 1.54) is 0 Å². The molecule has 0 amide bonds. The van der Waals surface area contributed by atoms with Crippen molar-refractivity contribution in [3.05, 3.63) is 27.2 Å². The Morgan fingerprint density at radius 1 is 1.45 bits per heavy atom. The van der Waals surface area contributed by atoms with Crippen LogP contribution in [0.2, 0.25) is 10.0 Å². The summed E-state index contributed by atoms with van der Waals surface area (Å²) < 4.78 is 5.18. The van der Waals surface area contributed by atoms with Crippen LogP contribution in [0.15, 0.2) is 11.2 Å². The molecule has 0 bridgehead atoms. The molecule has 2 rings (SSSR count). The summed E-state index contributed by atoms with van der Waals surface area (Å²) in [5.41, 5.74) is 1.55. The Balaban J connectivity index is 2.54. The van der Waals surface area contributed by atoms with E-state index in [1.807, 2.05) is 20.8 Å². The van der Waals surface area contributed by atoms with Gasteiger partial charge in [0.15, 0.2) is 6.61 Å². The van der Waals surface area contributed by atoms with Crippen LogP contribution in [0.5, 0.6) is 5.75 Å². The number of nitrogens with zero attached hydrogens (tertiary/aromatic N) is 1. The van der Waals surface area contributed by atoms with Crippen LogP contribution in [0.4, 0.5) is 0 Å². The lowest BCUT2D eigenvalue weighted by molar-refractivity contribution is -0.139. The predicted octanol–water partition coefficient (Wildman–Crippen LogP) is 3.85. The minimum atomic E-state index is -1.10. The maximum atomic E-state index is 10.6. The number of aliphatic carboxylic acids is 1. The molecule has 0 fully saturated rings. The van der Waals surface area contributed by atoms with Gasteiger partial charge in [-0.1, -0.05) is 49.1 Å². The van der Waals surface area contributed by atoms with Gasteiger partial charge in [-0.15, -0.1) is 0 Å². The van der Waals surface area contributed by atoms with Gasteiger partial charge in [-0.2, -0.15) is 0 Å². The summed E-state index contributed by atoms with van der Waals surface area (Å²) in [6, 6.07) is 1.67. The van der Waals surface area contributed by atoms with Crippen molar-refractivity contribution < 1.29 is 19.8 Å². The van der Waals surface area contributed by atoms with E-state index in [-0.39, 0.29) is 27.1 Å². The van der Waals surface area contributed by atoms with Gasteiger partial charge in [0.05, 0.1) is 10.7 Å². The smallest absolute Gasteiger partial charge is 0.341 e. The molecule has 0 heterocycles. The average molecular weight is 346 g/mol. The summed E-state index contributed by atoms with van der Waals surface area (Å²) in [6.07, 6.45) is 0.611. The maximum Gasteiger partial charge on any atom is 0.341 e. The Hall–Kier alpha value is -1.46.